The SMILES string of the molecule is C.Cl[Si](Cl)(Cl)Cl.P[Si](P)(P)P.[Li+].[PH2-]. The van der Waals surface area contributed by atoms with Gasteiger partial charge >= 0.3 is 24.2 Å². The molecule has 0 nitrogen and oxygen atoms in total. The second kappa shape index (κ2) is 14.4. The van der Waals surface area contributed by atoms with Crippen molar-refractivity contribution in [3.63, 3.8) is 0 Å². The Bertz CT molecular complexity index is 69.5. The Balaban J connectivity index is -0.0000000267. The number of hydrogen-bond acceptors (Lipinski definition) is 0. The molecular formula is CH14Cl4LiP5Si2. The van der Waals surface area contributed by atoms with Crippen molar-refractivity contribution in [2.45, 2.75) is 7.43 Å². The summed E-state index contributed by atoms with van der Waals surface area (Å²) < 4.78 is 0. The maximum Gasteiger partial charge on any atom is 1.00 e. The second-order valence-electron chi connectivity index (χ2n) is 1.43. The minimum Gasteiger partial charge on any atom is -0.577 e. The third kappa shape index (κ3) is 178. The van der Waals surface area contributed by atoms with Crippen molar-refractivity contribution in [2.24, 2.45) is 0 Å². The van der Waals surface area contributed by atoms with Gasteiger partial charge in [-0.2, -0.15) is 0 Å². The van der Waals surface area contributed by atoms with Crippen LogP contribution in [0.4, 0.5) is 0 Å². The van der Waals surface area contributed by atoms with Crippen molar-refractivity contribution in [3.8, 4) is 0 Å². The van der Waals surface area contributed by atoms with Crippen molar-refractivity contribution >= 4 is 101 Å². The van der Waals surface area contributed by atoms with Gasteiger partial charge in [-0.25, -0.2) is 0 Å². The number of halogens is 4. The first-order valence-electron chi connectivity index (χ1n) is 1.91. The van der Waals surface area contributed by atoms with E-state index in [4.69, 9.17) is 44.3 Å². The molecule has 0 N–H and O–H groups in total. The molecule has 0 saturated heterocycles. The first-order valence-corrected chi connectivity index (χ1v) is 17.2. The van der Waals surface area contributed by atoms with Crippen molar-refractivity contribution < 1.29 is 18.9 Å². The molecule has 0 aliphatic heterocycles. The molecule has 0 aliphatic rings. The topological polar surface area (TPSA) is 0 Å². The van der Waals surface area contributed by atoms with E-state index in [1.54, 1.807) is 0 Å². The second-order valence-corrected chi connectivity index (χ2v) is 38.6. The van der Waals surface area contributed by atoms with E-state index >= 15 is 0 Å². The summed E-state index contributed by atoms with van der Waals surface area (Å²) in [5.41, 5.74) is 0. The summed E-state index contributed by atoms with van der Waals surface area (Å²) in [7, 11) is 11.0. The quantitative estimate of drug-likeness (QED) is 0.334. The van der Waals surface area contributed by atoms with Gasteiger partial charge < -0.3 is 9.90 Å². The van der Waals surface area contributed by atoms with Crippen LogP contribution in [0.15, 0.2) is 0 Å². The number of rotatable bonds is 0. The van der Waals surface area contributed by atoms with Gasteiger partial charge in [-0.05, 0) is 0 Å². The molecule has 0 fully saturated rings. The Morgan fingerprint density at radius 1 is 0.769 bits per heavy atom. The van der Waals surface area contributed by atoms with Crippen LogP contribution in [0.5, 0.6) is 0 Å². The fraction of sp³-hybridized carbons (Fsp3) is 1.00. The zero-order valence-electron chi connectivity index (χ0n) is 6.40. The maximum atomic E-state index is 4.97. The zero-order chi connectivity index (χ0) is 9.00. The Labute approximate surface area is 126 Å². The average Bonchev–Trinajstić information content (AvgIpc) is 1.12. The van der Waals surface area contributed by atoms with Gasteiger partial charge in [0.15, 0.2) is 0 Å². The molecule has 0 heterocycles. The third-order valence-electron chi connectivity index (χ3n) is 0. The van der Waals surface area contributed by atoms with Crippen LogP contribution in [0.2, 0.25) is 0 Å². The molecule has 0 amide bonds. The van der Waals surface area contributed by atoms with Gasteiger partial charge in [0.1, 0.15) is 6.74 Å². The van der Waals surface area contributed by atoms with E-state index < -0.39 is 12.1 Å². The summed E-state index contributed by atoms with van der Waals surface area (Å²) in [6, 6.07) is 0. The molecule has 0 rings (SSSR count). The van der Waals surface area contributed by atoms with Crippen LogP contribution in [0.25, 0.3) is 0 Å². The van der Waals surface area contributed by atoms with E-state index in [0.717, 1.165) is 0 Å². The van der Waals surface area contributed by atoms with E-state index in [0.29, 0.717) is 0 Å². The van der Waals surface area contributed by atoms with Crippen LogP contribution in [0.1, 0.15) is 7.43 Å². The fourth-order valence-corrected chi connectivity index (χ4v) is 0. The van der Waals surface area contributed by atoms with Gasteiger partial charge in [0.25, 0.3) is 0 Å². The number of hydrogen-bond donors (Lipinski definition) is 0. The van der Waals surface area contributed by atoms with Gasteiger partial charge in [-0.15, -0.1) is 79.5 Å². The van der Waals surface area contributed by atoms with Crippen LogP contribution in [-0.2, 0) is 0 Å². The molecule has 0 saturated carbocycles. The first kappa shape index (κ1) is 30.4. The Hall–Kier alpha value is 4.34. The third-order valence-corrected chi connectivity index (χ3v) is 0. The molecule has 0 aromatic carbocycles. The Morgan fingerprint density at radius 2 is 0.769 bits per heavy atom. The van der Waals surface area contributed by atoms with Gasteiger partial charge in [-0.3, -0.25) is 0 Å². The van der Waals surface area contributed by atoms with Gasteiger partial charge in [-0.1, -0.05) is 7.43 Å². The Kier molecular flexibility index (Phi) is 33.7. The van der Waals surface area contributed by atoms with Gasteiger partial charge in [0.05, 0.1) is 0 Å². The van der Waals surface area contributed by atoms with E-state index in [1.807, 2.05) is 0 Å². The first-order chi connectivity index (χ1) is 4.00. The predicted molar refractivity (Wildman–Crippen MR) is 90.2 cm³/mol. The summed E-state index contributed by atoms with van der Waals surface area (Å²) >= 11 is 19.9. The van der Waals surface area contributed by atoms with Crippen molar-refractivity contribution in [1.29, 1.82) is 0 Å². The van der Waals surface area contributed by atoms with Crippen LogP contribution in [-0.4, -0.2) is 12.1 Å². The standard InChI is InChI=1S/CH4.Cl4Si.Li.H8P4Si.H2P/c;1-5(2,3)4;;1-5(2,3)4;/h1H4;;;1-4H2;1H2/q;;+1;;-1. The van der Waals surface area contributed by atoms with Crippen LogP contribution < -0.4 is 18.9 Å². The van der Waals surface area contributed by atoms with Crippen LogP contribution >= 0.6 is 89.4 Å². The maximum absolute atomic E-state index is 4.97. The monoisotopic (exact) mass is 384 g/mol. The van der Waals surface area contributed by atoms with Crippen LogP contribution in [0, 0.1) is 0 Å². The predicted octanol–water partition coefficient (Wildman–Crippen LogP) is 1.27. The molecule has 13 heavy (non-hydrogen) atoms. The minimum atomic E-state index is -2.72. The summed E-state index contributed by atoms with van der Waals surface area (Å²) in [4.78, 5) is 0. The molecule has 0 aromatic rings. The smallest absolute Gasteiger partial charge is 0.577 e. The normalized spacial score (nSPS) is 9.23. The molecule has 0 bridgehead atoms. The summed E-state index contributed by atoms with van der Waals surface area (Å²) in [6.45, 7) is -0.944. The minimum absolute atomic E-state index is 0. The van der Waals surface area contributed by atoms with E-state index in [9.17, 15) is 0 Å². The molecule has 12 heteroatoms. The fourth-order valence-electron chi connectivity index (χ4n) is 0. The summed E-state index contributed by atoms with van der Waals surface area (Å²) in [6.07, 6.45) is 0. The molecule has 0 spiro atoms. The zero-order valence-corrected chi connectivity index (χ0v) is 17.2. The van der Waals surface area contributed by atoms with Gasteiger partial charge in [0, 0.05) is 0 Å². The van der Waals surface area contributed by atoms with Crippen molar-refractivity contribution in [3.05, 3.63) is 0 Å². The van der Waals surface area contributed by atoms with E-state index in [1.165, 1.54) is 0 Å². The molecule has 0 aromatic heterocycles. The largest absolute Gasteiger partial charge is 1.00 e. The average molecular weight is 386 g/mol. The summed E-state index contributed by atoms with van der Waals surface area (Å²) in [5, 5.41) is -2.72. The Morgan fingerprint density at radius 3 is 0.769 bits per heavy atom. The molecule has 0 radical (unpaired) electrons. The molecule has 4 unspecified atom stereocenters. The molecule has 4 atom stereocenters. The molecule has 80 valence electrons. The van der Waals surface area contributed by atoms with Crippen LogP contribution in [0.3, 0.4) is 0 Å². The van der Waals surface area contributed by atoms with Crippen molar-refractivity contribution in [2.75, 3.05) is 0 Å². The molecule has 0 aliphatic carbocycles. The molecular weight excluding hydrogens is 372 g/mol. The summed E-state index contributed by atoms with van der Waals surface area (Å²) in [5.74, 6) is 0. The van der Waals surface area contributed by atoms with E-state index in [-0.39, 0.29) is 36.2 Å². The van der Waals surface area contributed by atoms with E-state index in [2.05, 4.69) is 35.2 Å². The van der Waals surface area contributed by atoms with Crippen molar-refractivity contribution in [1.82, 2.24) is 0 Å². The van der Waals surface area contributed by atoms with Gasteiger partial charge in [0.2, 0.25) is 0 Å².